The first-order valence-corrected chi connectivity index (χ1v) is 8.75. The molecule has 1 nitrogen and oxygen atoms in total. The van der Waals surface area contributed by atoms with Gasteiger partial charge in [0.2, 0.25) is 0 Å². The van der Waals surface area contributed by atoms with Gasteiger partial charge in [0, 0.05) is 12.8 Å². The first-order valence-electron chi connectivity index (χ1n) is 8.75. The van der Waals surface area contributed by atoms with Crippen LogP contribution in [0.5, 0.6) is 0 Å². The number of ketones is 1. The normalized spacial score (nSPS) is 51.0. The Morgan fingerprint density at radius 2 is 1.95 bits per heavy atom. The first-order chi connectivity index (χ1) is 9.53. The van der Waals surface area contributed by atoms with Crippen LogP contribution in [0.15, 0.2) is 11.6 Å². The van der Waals surface area contributed by atoms with Crippen molar-refractivity contribution in [3.63, 3.8) is 0 Å². The molecule has 0 spiro atoms. The van der Waals surface area contributed by atoms with Gasteiger partial charge in [0.25, 0.3) is 0 Å². The lowest BCUT2D eigenvalue weighted by atomic mass is 9.46. The molecule has 0 aromatic rings. The third kappa shape index (κ3) is 1.64. The van der Waals surface area contributed by atoms with E-state index in [9.17, 15) is 4.79 Å². The second-order valence-electron chi connectivity index (χ2n) is 8.53. The molecule has 0 N–H and O–H groups in total. The zero-order chi connectivity index (χ0) is 14.0. The fourth-order valence-electron chi connectivity index (χ4n) is 6.37. The minimum atomic E-state index is 0.460. The predicted molar refractivity (Wildman–Crippen MR) is 81.3 cm³/mol. The van der Waals surface area contributed by atoms with Crippen molar-refractivity contribution in [2.75, 3.05) is 0 Å². The van der Waals surface area contributed by atoms with Gasteiger partial charge in [-0.1, -0.05) is 25.5 Å². The fraction of sp³-hybridized carbons (Fsp3) is 0.842. The van der Waals surface area contributed by atoms with Crippen LogP contribution >= 0.6 is 0 Å². The summed E-state index contributed by atoms with van der Waals surface area (Å²) in [5, 5.41) is 0. The van der Waals surface area contributed by atoms with E-state index in [1.54, 1.807) is 0 Å². The maximum Gasteiger partial charge on any atom is 0.133 e. The second kappa shape index (κ2) is 4.21. The highest BCUT2D eigenvalue weighted by Crippen LogP contribution is 2.64. The van der Waals surface area contributed by atoms with E-state index in [4.69, 9.17) is 0 Å². The number of allylic oxidation sites excluding steroid dienone is 2. The minimum absolute atomic E-state index is 0.460. The monoisotopic (exact) mass is 272 g/mol. The molecule has 5 atom stereocenters. The molecule has 0 amide bonds. The lowest BCUT2D eigenvalue weighted by molar-refractivity contribution is -0.131. The van der Waals surface area contributed by atoms with Crippen LogP contribution in [0.3, 0.4) is 0 Å². The van der Waals surface area contributed by atoms with E-state index >= 15 is 0 Å². The Hall–Kier alpha value is -0.590. The summed E-state index contributed by atoms with van der Waals surface area (Å²) in [6.45, 7) is 5.04. The fourth-order valence-corrected chi connectivity index (χ4v) is 6.37. The highest BCUT2D eigenvalue weighted by atomic mass is 16.1. The third-order valence-electron chi connectivity index (χ3n) is 7.67. The molecule has 0 heterocycles. The largest absolute Gasteiger partial charge is 0.300 e. The van der Waals surface area contributed by atoms with Gasteiger partial charge in [0.1, 0.15) is 5.78 Å². The van der Waals surface area contributed by atoms with Gasteiger partial charge in [-0.2, -0.15) is 0 Å². The molecule has 110 valence electrons. The van der Waals surface area contributed by atoms with E-state index in [1.807, 2.05) is 5.57 Å². The van der Waals surface area contributed by atoms with E-state index in [1.165, 1.54) is 44.9 Å². The summed E-state index contributed by atoms with van der Waals surface area (Å²) in [6, 6.07) is 0. The molecule has 0 aromatic heterocycles. The van der Waals surface area contributed by atoms with Gasteiger partial charge in [-0.05, 0) is 73.5 Å². The molecule has 4 rings (SSSR count). The lowest BCUT2D eigenvalue weighted by Gasteiger charge is -2.58. The molecule has 1 heteroatoms. The lowest BCUT2D eigenvalue weighted by Crippen LogP contribution is -2.50. The van der Waals surface area contributed by atoms with E-state index in [0.29, 0.717) is 22.5 Å². The van der Waals surface area contributed by atoms with Crippen LogP contribution in [-0.4, -0.2) is 5.78 Å². The van der Waals surface area contributed by atoms with Crippen LogP contribution in [0.25, 0.3) is 0 Å². The van der Waals surface area contributed by atoms with Crippen molar-refractivity contribution < 1.29 is 4.79 Å². The van der Waals surface area contributed by atoms with Gasteiger partial charge in [-0.3, -0.25) is 4.79 Å². The Morgan fingerprint density at radius 1 is 1.10 bits per heavy atom. The van der Waals surface area contributed by atoms with Gasteiger partial charge in [0.05, 0.1) is 0 Å². The summed E-state index contributed by atoms with van der Waals surface area (Å²) < 4.78 is 0. The quantitative estimate of drug-likeness (QED) is 0.573. The molecule has 20 heavy (non-hydrogen) atoms. The third-order valence-corrected chi connectivity index (χ3v) is 7.67. The maximum atomic E-state index is 11.8. The predicted octanol–water partition coefficient (Wildman–Crippen LogP) is 4.91. The van der Waals surface area contributed by atoms with Crippen molar-refractivity contribution in [2.24, 2.45) is 28.6 Å². The Bertz CT molecular complexity index is 476. The van der Waals surface area contributed by atoms with Crippen molar-refractivity contribution in [3.8, 4) is 0 Å². The minimum Gasteiger partial charge on any atom is -0.300 e. The molecular formula is C19H28O. The summed E-state index contributed by atoms with van der Waals surface area (Å²) in [5.41, 5.74) is 2.82. The molecule has 3 saturated carbocycles. The molecule has 0 radical (unpaired) electrons. The van der Waals surface area contributed by atoms with Crippen molar-refractivity contribution in [1.29, 1.82) is 0 Å². The van der Waals surface area contributed by atoms with E-state index in [0.717, 1.165) is 24.7 Å². The van der Waals surface area contributed by atoms with E-state index in [-0.39, 0.29) is 0 Å². The number of carbonyl (C=O) groups excluding carboxylic acids is 1. The van der Waals surface area contributed by atoms with Crippen molar-refractivity contribution >= 4 is 5.78 Å². The van der Waals surface area contributed by atoms with Crippen LogP contribution < -0.4 is 0 Å². The standard InChI is InChI=1S/C19H28O/c1-18-9-3-4-16(18)15-6-5-13-12-14(20)7-11-19(13,2)17(15)8-10-18/h4,13,15,17H,3,5-12H2,1-2H3/t13-,15?,17?,18?,19?/m0/s1. The molecule has 4 aliphatic carbocycles. The molecule has 0 aliphatic heterocycles. The van der Waals surface area contributed by atoms with Crippen molar-refractivity contribution in [3.05, 3.63) is 11.6 Å². The molecule has 4 unspecified atom stereocenters. The number of Topliss-reactive ketones (excluding diaryl/α,β-unsaturated/α-hetero) is 1. The molecular weight excluding hydrogens is 244 g/mol. The average Bonchev–Trinajstić information content (AvgIpc) is 2.81. The van der Waals surface area contributed by atoms with Gasteiger partial charge >= 0.3 is 0 Å². The Labute approximate surface area is 123 Å². The van der Waals surface area contributed by atoms with Gasteiger partial charge in [-0.25, -0.2) is 0 Å². The van der Waals surface area contributed by atoms with Gasteiger partial charge in [-0.15, -0.1) is 0 Å². The number of carbonyl (C=O) groups is 1. The van der Waals surface area contributed by atoms with Gasteiger partial charge in [0.15, 0.2) is 0 Å². The molecule has 0 aromatic carbocycles. The summed E-state index contributed by atoms with van der Waals surface area (Å²) in [7, 11) is 0. The topological polar surface area (TPSA) is 17.1 Å². The van der Waals surface area contributed by atoms with E-state index in [2.05, 4.69) is 19.9 Å². The number of rotatable bonds is 0. The van der Waals surface area contributed by atoms with Crippen LogP contribution in [0, 0.1) is 28.6 Å². The molecule has 4 aliphatic rings. The zero-order valence-electron chi connectivity index (χ0n) is 13.1. The Kier molecular flexibility index (Phi) is 2.76. The number of hydrogen-bond acceptors (Lipinski definition) is 1. The maximum absolute atomic E-state index is 11.8. The summed E-state index contributed by atoms with van der Waals surface area (Å²) in [4.78, 5) is 11.8. The molecule has 0 saturated heterocycles. The highest BCUT2D eigenvalue weighted by molar-refractivity contribution is 5.79. The smallest absolute Gasteiger partial charge is 0.133 e. The van der Waals surface area contributed by atoms with Crippen LogP contribution in [0.2, 0.25) is 0 Å². The first kappa shape index (κ1) is 13.1. The SMILES string of the molecule is CC12CCC=C1C1CC[C@H]3CC(=O)CCC3(C)C1CC2. The second-order valence-corrected chi connectivity index (χ2v) is 8.53. The van der Waals surface area contributed by atoms with Crippen LogP contribution in [0.4, 0.5) is 0 Å². The number of fused-ring (bicyclic) bond motifs is 5. The van der Waals surface area contributed by atoms with Crippen LogP contribution in [0.1, 0.15) is 71.6 Å². The summed E-state index contributed by atoms with van der Waals surface area (Å²) in [6.07, 6.45) is 13.7. The molecule has 3 fully saturated rings. The van der Waals surface area contributed by atoms with Crippen molar-refractivity contribution in [1.82, 2.24) is 0 Å². The van der Waals surface area contributed by atoms with Crippen LogP contribution in [-0.2, 0) is 4.79 Å². The zero-order valence-corrected chi connectivity index (χ0v) is 13.1. The van der Waals surface area contributed by atoms with E-state index < -0.39 is 0 Å². The van der Waals surface area contributed by atoms with Crippen molar-refractivity contribution in [2.45, 2.75) is 71.6 Å². The van der Waals surface area contributed by atoms with Gasteiger partial charge < -0.3 is 0 Å². The Morgan fingerprint density at radius 3 is 2.80 bits per heavy atom. The summed E-state index contributed by atoms with van der Waals surface area (Å²) in [5.74, 6) is 2.94. The highest BCUT2D eigenvalue weighted by Gasteiger charge is 2.55. The average molecular weight is 272 g/mol. The summed E-state index contributed by atoms with van der Waals surface area (Å²) >= 11 is 0. The Balaban J connectivity index is 1.67. The number of hydrogen-bond donors (Lipinski definition) is 0. The molecule has 0 bridgehead atoms.